The first kappa shape index (κ1) is 19.2. The Morgan fingerprint density at radius 2 is 2.09 bits per heavy atom. The summed E-state index contributed by atoms with van der Waals surface area (Å²) in [5.41, 5.74) is 5.73. The van der Waals surface area contributed by atoms with Crippen molar-refractivity contribution < 1.29 is 19.1 Å². The number of nitrogens with two attached hydrogens (primary N) is 1. The van der Waals surface area contributed by atoms with E-state index in [2.05, 4.69) is 10.6 Å². The first-order valence-corrected chi connectivity index (χ1v) is 7.25. The molecular formula is C15H22ClN3O4. The molecule has 1 aromatic rings. The molecule has 2 amide bonds. The van der Waals surface area contributed by atoms with E-state index in [0.717, 1.165) is 6.54 Å². The normalized spacial score (nSPS) is 17.0. The number of rotatable bonds is 7. The number of carbonyl (C=O) groups excluding carboxylic acids is 2. The minimum atomic E-state index is -0.399. The van der Waals surface area contributed by atoms with Gasteiger partial charge in [0, 0.05) is 24.7 Å². The Morgan fingerprint density at radius 3 is 2.70 bits per heavy atom. The van der Waals surface area contributed by atoms with Crippen LogP contribution in [0.2, 0.25) is 0 Å². The summed E-state index contributed by atoms with van der Waals surface area (Å²) >= 11 is 0. The Bertz CT molecular complexity index is 504. The molecule has 2 rings (SSSR count). The van der Waals surface area contributed by atoms with Gasteiger partial charge in [-0.1, -0.05) is 0 Å². The van der Waals surface area contributed by atoms with E-state index < -0.39 is 5.91 Å². The number of hydrogen-bond acceptors (Lipinski definition) is 5. The first-order chi connectivity index (χ1) is 10.6. The molecule has 8 heteroatoms. The molecule has 0 aliphatic carbocycles. The monoisotopic (exact) mass is 343 g/mol. The first-order valence-electron chi connectivity index (χ1n) is 7.25. The fourth-order valence-corrected chi connectivity index (χ4v) is 2.09. The highest BCUT2D eigenvalue weighted by molar-refractivity contribution is 5.91. The molecule has 23 heavy (non-hydrogen) atoms. The third-order valence-electron chi connectivity index (χ3n) is 3.19. The van der Waals surface area contributed by atoms with Gasteiger partial charge in [-0.05, 0) is 24.3 Å². The van der Waals surface area contributed by atoms with E-state index >= 15 is 0 Å². The third kappa shape index (κ3) is 7.32. The van der Waals surface area contributed by atoms with Gasteiger partial charge >= 0.3 is 0 Å². The Hall–Kier alpha value is -1.83. The SMILES string of the molecule is Cl.NC(=O)CCOc1ccc(NC(=O)CC2COCCN2)cc1. The number of halogens is 1. The fraction of sp³-hybridized carbons (Fsp3) is 0.467. The summed E-state index contributed by atoms with van der Waals surface area (Å²) in [4.78, 5) is 22.5. The Balaban J connectivity index is 0.00000264. The number of anilines is 1. The van der Waals surface area contributed by atoms with Crippen LogP contribution in [0, 0.1) is 0 Å². The van der Waals surface area contributed by atoms with Gasteiger partial charge in [0.15, 0.2) is 0 Å². The van der Waals surface area contributed by atoms with Gasteiger partial charge in [0.05, 0.1) is 26.2 Å². The van der Waals surface area contributed by atoms with E-state index in [9.17, 15) is 9.59 Å². The third-order valence-corrected chi connectivity index (χ3v) is 3.19. The van der Waals surface area contributed by atoms with Crippen LogP contribution < -0.4 is 21.1 Å². The van der Waals surface area contributed by atoms with Gasteiger partial charge in [-0.15, -0.1) is 12.4 Å². The van der Waals surface area contributed by atoms with Gasteiger partial charge in [-0.3, -0.25) is 9.59 Å². The van der Waals surface area contributed by atoms with E-state index in [4.69, 9.17) is 15.2 Å². The van der Waals surface area contributed by atoms with Crippen molar-refractivity contribution in [2.75, 3.05) is 31.7 Å². The molecular weight excluding hydrogens is 322 g/mol. The van der Waals surface area contributed by atoms with Crippen molar-refractivity contribution >= 4 is 29.9 Å². The quantitative estimate of drug-likeness (QED) is 0.675. The number of carbonyl (C=O) groups is 2. The Morgan fingerprint density at radius 1 is 1.35 bits per heavy atom. The number of ether oxygens (including phenoxy) is 2. The molecule has 4 N–H and O–H groups in total. The van der Waals surface area contributed by atoms with Crippen LogP contribution in [0.1, 0.15) is 12.8 Å². The second-order valence-corrected chi connectivity index (χ2v) is 5.07. The molecule has 0 radical (unpaired) electrons. The van der Waals surface area contributed by atoms with E-state index in [0.29, 0.717) is 31.1 Å². The van der Waals surface area contributed by atoms with Crippen LogP contribution in [0.25, 0.3) is 0 Å². The molecule has 1 aliphatic rings. The highest BCUT2D eigenvalue weighted by Crippen LogP contribution is 2.16. The predicted octanol–water partition coefficient (Wildman–Crippen LogP) is 0.680. The van der Waals surface area contributed by atoms with Crippen LogP contribution in [-0.2, 0) is 14.3 Å². The lowest BCUT2D eigenvalue weighted by Crippen LogP contribution is -2.43. The lowest BCUT2D eigenvalue weighted by atomic mass is 10.2. The van der Waals surface area contributed by atoms with Gasteiger partial charge in [0.25, 0.3) is 0 Å². The number of morpholine rings is 1. The summed E-state index contributed by atoms with van der Waals surface area (Å²) in [6, 6.07) is 7.03. The van der Waals surface area contributed by atoms with Crippen LogP contribution in [0.5, 0.6) is 5.75 Å². The smallest absolute Gasteiger partial charge is 0.226 e. The number of nitrogens with one attached hydrogen (secondary N) is 2. The molecule has 1 unspecified atom stereocenters. The zero-order chi connectivity index (χ0) is 15.8. The van der Waals surface area contributed by atoms with Crippen molar-refractivity contribution in [1.82, 2.24) is 5.32 Å². The van der Waals surface area contributed by atoms with Crippen molar-refractivity contribution in [3.05, 3.63) is 24.3 Å². The number of hydrogen-bond donors (Lipinski definition) is 3. The van der Waals surface area contributed by atoms with Gasteiger partial charge in [-0.2, -0.15) is 0 Å². The molecule has 128 valence electrons. The van der Waals surface area contributed by atoms with Gasteiger partial charge in [0.1, 0.15) is 5.75 Å². The molecule has 1 aromatic carbocycles. The predicted molar refractivity (Wildman–Crippen MR) is 88.9 cm³/mol. The summed E-state index contributed by atoms with van der Waals surface area (Å²) in [5, 5.41) is 6.06. The van der Waals surface area contributed by atoms with Crippen molar-refractivity contribution in [2.24, 2.45) is 5.73 Å². The van der Waals surface area contributed by atoms with E-state index in [1.54, 1.807) is 24.3 Å². The van der Waals surface area contributed by atoms with Crippen molar-refractivity contribution in [3.8, 4) is 5.75 Å². The van der Waals surface area contributed by atoms with Gasteiger partial charge < -0.3 is 25.8 Å². The molecule has 0 saturated carbocycles. The van der Waals surface area contributed by atoms with E-state index in [1.165, 1.54) is 0 Å². The van der Waals surface area contributed by atoms with Gasteiger partial charge in [0.2, 0.25) is 11.8 Å². The van der Waals surface area contributed by atoms with Crippen LogP contribution in [0.4, 0.5) is 5.69 Å². The maximum Gasteiger partial charge on any atom is 0.226 e. The lowest BCUT2D eigenvalue weighted by Gasteiger charge is -2.23. The Labute approximate surface area is 141 Å². The van der Waals surface area contributed by atoms with Crippen LogP contribution in [0.15, 0.2) is 24.3 Å². The summed E-state index contributed by atoms with van der Waals surface area (Å²) in [6.45, 7) is 2.26. The maximum atomic E-state index is 11.9. The van der Waals surface area contributed by atoms with Crippen LogP contribution >= 0.6 is 12.4 Å². The highest BCUT2D eigenvalue weighted by Gasteiger charge is 2.16. The second kappa shape index (κ2) is 10.0. The molecule has 1 fully saturated rings. The topological polar surface area (TPSA) is 103 Å². The van der Waals surface area contributed by atoms with Crippen LogP contribution in [0.3, 0.4) is 0 Å². The summed E-state index contributed by atoms with van der Waals surface area (Å²) < 4.78 is 10.7. The molecule has 0 aromatic heterocycles. The minimum absolute atomic E-state index is 0. The minimum Gasteiger partial charge on any atom is -0.493 e. The zero-order valence-electron chi connectivity index (χ0n) is 12.7. The second-order valence-electron chi connectivity index (χ2n) is 5.07. The molecule has 1 heterocycles. The lowest BCUT2D eigenvalue weighted by molar-refractivity contribution is -0.118. The summed E-state index contributed by atoms with van der Waals surface area (Å²) in [5.74, 6) is 0.163. The maximum absolute atomic E-state index is 11.9. The molecule has 7 nitrogen and oxygen atoms in total. The van der Waals surface area contributed by atoms with Crippen LogP contribution in [-0.4, -0.2) is 44.2 Å². The molecule has 0 spiro atoms. The van der Waals surface area contributed by atoms with Crippen molar-refractivity contribution in [1.29, 1.82) is 0 Å². The van der Waals surface area contributed by atoms with E-state index in [-0.39, 0.29) is 37.4 Å². The summed E-state index contributed by atoms with van der Waals surface area (Å²) in [6.07, 6.45) is 0.547. The molecule has 1 atom stereocenters. The van der Waals surface area contributed by atoms with Crippen molar-refractivity contribution in [2.45, 2.75) is 18.9 Å². The molecule has 1 aliphatic heterocycles. The molecule has 1 saturated heterocycles. The average molecular weight is 344 g/mol. The fourth-order valence-electron chi connectivity index (χ4n) is 2.09. The highest BCUT2D eigenvalue weighted by atomic mass is 35.5. The van der Waals surface area contributed by atoms with Gasteiger partial charge in [-0.25, -0.2) is 0 Å². The number of benzene rings is 1. The zero-order valence-corrected chi connectivity index (χ0v) is 13.6. The largest absolute Gasteiger partial charge is 0.493 e. The standard InChI is InChI=1S/C15H21N3O4.ClH/c16-14(19)5-7-22-13-3-1-11(2-4-13)18-15(20)9-12-10-21-8-6-17-12;/h1-4,12,17H,5-10H2,(H2,16,19)(H,18,20);1H. The average Bonchev–Trinajstić information content (AvgIpc) is 2.49. The molecule has 0 bridgehead atoms. The van der Waals surface area contributed by atoms with Crippen molar-refractivity contribution in [3.63, 3.8) is 0 Å². The summed E-state index contributed by atoms with van der Waals surface area (Å²) in [7, 11) is 0. The van der Waals surface area contributed by atoms with E-state index in [1.807, 2.05) is 0 Å². The number of amides is 2. The Kier molecular flexibility index (Phi) is 8.39. The number of primary amides is 1.